The maximum absolute atomic E-state index is 10.6. The number of carbonyl (C=O) groups is 1. The van der Waals surface area contributed by atoms with Crippen molar-refractivity contribution in [3.63, 3.8) is 0 Å². The van der Waals surface area contributed by atoms with Gasteiger partial charge in [-0.1, -0.05) is 61.6 Å². The second-order valence-corrected chi connectivity index (χ2v) is 8.10. The third-order valence-electron chi connectivity index (χ3n) is 6.19. The van der Waals surface area contributed by atoms with E-state index in [0.29, 0.717) is 24.4 Å². The van der Waals surface area contributed by atoms with Gasteiger partial charge >= 0.3 is 5.97 Å². The maximum Gasteiger partial charge on any atom is 0.303 e. The zero-order valence-electron chi connectivity index (χ0n) is 16.6. The van der Waals surface area contributed by atoms with Gasteiger partial charge in [-0.25, -0.2) is 0 Å². The summed E-state index contributed by atoms with van der Waals surface area (Å²) < 4.78 is 6.14. The highest BCUT2D eigenvalue weighted by molar-refractivity contribution is 5.66. The van der Waals surface area contributed by atoms with E-state index in [1.54, 1.807) is 0 Å². The topological polar surface area (TPSA) is 66.8 Å². The average molecular weight is 385 g/mol. The molecule has 0 amide bonds. The highest BCUT2D eigenvalue weighted by Gasteiger charge is 2.46. The number of aliphatic hydroxyl groups is 1. The number of allylic oxidation sites excluding steroid dienone is 2. The number of aliphatic hydroxyl groups excluding tert-OH is 1. The van der Waals surface area contributed by atoms with E-state index in [1.165, 1.54) is 0 Å². The Bertz CT molecular complexity index is 681. The van der Waals surface area contributed by atoms with Crippen LogP contribution in [0.2, 0.25) is 0 Å². The highest BCUT2D eigenvalue weighted by atomic mass is 16.5. The Morgan fingerprint density at radius 1 is 1.21 bits per heavy atom. The average Bonchev–Trinajstić information content (AvgIpc) is 3.30. The van der Waals surface area contributed by atoms with Crippen LogP contribution in [0.25, 0.3) is 0 Å². The summed E-state index contributed by atoms with van der Waals surface area (Å²) in [7, 11) is 0. The number of hydrogen-bond acceptors (Lipinski definition) is 3. The van der Waals surface area contributed by atoms with Crippen LogP contribution in [-0.2, 0) is 9.53 Å². The number of hydrogen-bond donors (Lipinski definition) is 2. The number of ether oxygens (including phenoxy) is 1. The molecule has 0 unspecified atom stereocenters. The summed E-state index contributed by atoms with van der Waals surface area (Å²) in [6.45, 7) is 2.05. The Balaban J connectivity index is 1.54. The summed E-state index contributed by atoms with van der Waals surface area (Å²) in [6.07, 6.45) is 13.4. The zero-order chi connectivity index (χ0) is 19.9. The standard InChI is InChI=1S/C24H32O4/c1-17(18-9-5-4-6-10-18)21(25)14-13-20-19(22-15-16-23(20)28-22)11-7-2-3-8-12-24(26)27/h2,4-7,9-10,13-14,17,19-23,25H,3,8,11-12,15-16H2,1H3,(H,26,27)/b7-2-,14-13+/t17-,19-,20+,21+,22+,23-/m0/s1. The molecule has 2 aliphatic heterocycles. The largest absolute Gasteiger partial charge is 0.481 e. The van der Waals surface area contributed by atoms with Crippen LogP contribution >= 0.6 is 0 Å². The molecule has 0 spiro atoms. The van der Waals surface area contributed by atoms with Crippen molar-refractivity contribution in [1.82, 2.24) is 0 Å². The molecule has 0 aromatic heterocycles. The van der Waals surface area contributed by atoms with Gasteiger partial charge in [-0.2, -0.15) is 0 Å². The lowest BCUT2D eigenvalue weighted by Crippen LogP contribution is -2.26. The molecule has 152 valence electrons. The van der Waals surface area contributed by atoms with Crippen LogP contribution in [0.1, 0.15) is 56.9 Å². The number of unbranched alkanes of at least 4 members (excludes halogenated alkanes) is 1. The Morgan fingerprint density at radius 2 is 1.96 bits per heavy atom. The van der Waals surface area contributed by atoms with E-state index in [1.807, 2.05) is 24.3 Å². The summed E-state index contributed by atoms with van der Waals surface area (Å²) >= 11 is 0. The van der Waals surface area contributed by atoms with Gasteiger partial charge in [0.15, 0.2) is 0 Å². The molecule has 0 radical (unpaired) electrons. The molecule has 2 saturated heterocycles. The molecule has 0 saturated carbocycles. The van der Waals surface area contributed by atoms with E-state index < -0.39 is 12.1 Å². The lowest BCUT2D eigenvalue weighted by Gasteiger charge is -2.25. The zero-order valence-corrected chi connectivity index (χ0v) is 16.6. The van der Waals surface area contributed by atoms with Crippen molar-refractivity contribution >= 4 is 5.97 Å². The molecule has 1 aromatic rings. The Kier molecular flexibility index (Phi) is 7.46. The third-order valence-corrected chi connectivity index (χ3v) is 6.19. The van der Waals surface area contributed by atoms with Gasteiger partial charge < -0.3 is 14.9 Å². The van der Waals surface area contributed by atoms with Crippen LogP contribution in [0.5, 0.6) is 0 Å². The fourth-order valence-electron chi connectivity index (χ4n) is 4.49. The molecule has 0 aliphatic carbocycles. The number of fused-ring (bicyclic) bond motifs is 2. The fourth-order valence-corrected chi connectivity index (χ4v) is 4.49. The molecule has 1 aromatic carbocycles. The van der Waals surface area contributed by atoms with Crippen molar-refractivity contribution in [3.05, 3.63) is 60.2 Å². The summed E-state index contributed by atoms with van der Waals surface area (Å²) in [5.41, 5.74) is 1.14. The molecule has 2 N–H and O–H groups in total. The Hall–Kier alpha value is -1.91. The molecule has 2 bridgehead atoms. The van der Waals surface area contributed by atoms with Gasteiger partial charge in [0, 0.05) is 18.3 Å². The van der Waals surface area contributed by atoms with Crippen molar-refractivity contribution < 1.29 is 19.7 Å². The van der Waals surface area contributed by atoms with Gasteiger partial charge in [0.1, 0.15) is 0 Å². The molecule has 28 heavy (non-hydrogen) atoms. The first kappa shape index (κ1) is 20.8. The van der Waals surface area contributed by atoms with Gasteiger partial charge in [0.05, 0.1) is 18.3 Å². The van der Waals surface area contributed by atoms with Crippen molar-refractivity contribution in [2.75, 3.05) is 0 Å². The van der Waals surface area contributed by atoms with Crippen molar-refractivity contribution in [3.8, 4) is 0 Å². The van der Waals surface area contributed by atoms with E-state index in [2.05, 4.69) is 37.3 Å². The summed E-state index contributed by atoms with van der Waals surface area (Å²) in [4.78, 5) is 10.6. The van der Waals surface area contributed by atoms with Crippen LogP contribution in [0.3, 0.4) is 0 Å². The number of carboxylic acid groups (broad SMARTS) is 1. The van der Waals surface area contributed by atoms with E-state index in [4.69, 9.17) is 9.84 Å². The van der Waals surface area contributed by atoms with Crippen LogP contribution in [0.4, 0.5) is 0 Å². The predicted molar refractivity (Wildman–Crippen MR) is 110 cm³/mol. The van der Waals surface area contributed by atoms with Gasteiger partial charge in [-0.15, -0.1) is 0 Å². The van der Waals surface area contributed by atoms with Crippen molar-refractivity contribution in [2.24, 2.45) is 11.8 Å². The quantitative estimate of drug-likeness (QED) is 0.453. The summed E-state index contributed by atoms with van der Waals surface area (Å²) in [6, 6.07) is 10.1. The fraction of sp³-hybridized carbons (Fsp3) is 0.542. The summed E-state index contributed by atoms with van der Waals surface area (Å²) in [5.74, 6) is 0.123. The van der Waals surface area contributed by atoms with Crippen molar-refractivity contribution in [1.29, 1.82) is 0 Å². The second-order valence-electron chi connectivity index (χ2n) is 8.10. The molecule has 4 heteroatoms. The first-order valence-corrected chi connectivity index (χ1v) is 10.5. The highest BCUT2D eigenvalue weighted by Crippen LogP contribution is 2.46. The Labute approximate surface area is 167 Å². The number of benzene rings is 1. The Morgan fingerprint density at radius 3 is 2.71 bits per heavy atom. The molecule has 4 nitrogen and oxygen atoms in total. The van der Waals surface area contributed by atoms with Gasteiger partial charge in [0.25, 0.3) is 0 Å². The SMILES string of the molecule is C[C@@H](c1ccccc1)[C@H](O)/C=C/[C@@H]1[C@H](C/C=C\CCCC(=O)O)[C@H]2CC[C@@H]1O2. The van der Waals surface area contributed by atoms with Gasteiger partial charge in [-0.05, 0) is 43.6 Å². The number of aliphatic carboxylic acids is 1. The van der Waals surface area contributed by atoms with E-state index >= 15 is 0 Å². The molecular weight excluding hydrogens is 352 g/mol. The van der Waals surface area contributed by atoms with Crippen LogP contribution in [-0.4, -0.2) is 34.5 Å². The minimum Gasteiger partial charge on any atom is -0.481 e. The lowest BCUT2D eigenvalue weighted by atomic mass is 9.77. The smallest absolute Gasteiger partial charge is 0.303 e. The van der Waals surface area contributed by atoms with Crippen molar-refractivity contribution in [2.45, 2.75) is 69.7 Å². The second kappa shape index (κ2) is 10.0. The maximum atomic E-state index is 10.6. The van der Waals surface area contributed by atoms with E-state index in [-0.39, 0.29) is 18.4 Å². The third kappa shape index (κ3) is 5.33. The first-order valence-electron chi connectivity index (χ1n) is 10.5. The van der Waals surface area contributed by atoms with Gasteiger partial charge in [-0.3, -0.25) is 4.79 Å². The molecule has 2 fully saturated rings. The lowest BCUT2D eigenvalue weighted by molar-refractivity contribution is -0.137. The minimum absolute atomic E-state index is 0.0598. The monoisotopic (exact) mass is 384 g/mol. The van der Waals surface area contributed by atoms with Crippen LogP contribution < -0.4 is 0 Å². The van der Waals surface area contributed by atoms with E-state index in [9.17, 15) is 9.90 Å². The first-order chi connectivity index (χ1) is 13.6. The molecule has 6 atom stereocenters. The van der Waals surface area contributed by atoms with Gasteiger partial charge in [0.2, 0.25) is 0 Å². The molecule has 3 rings (SSSR count). The predicted octanol–water partition coefficient (Wildman–Crippen LogP) is 4.70. The molecule has 2 heterocycles. The normalized spacial score (nSPS) is 28.9. The molecular formula is C24H32O4. The molecule has 2 aliphatic rings. The summed E-state index contributed by atoms with van der Waals surface area (Å²) in [5, 5.41) is 19.3. The number of carboxylic acids is 1. The van der Waals surface area contributed by atoms with Crippen LogP contribution in [0, 0.1) is 11.8 Å². The minimum atomic E-state index is -0.733. The van der Waals surface area contributed by atoms with Crippen LogP contribution in [0.15, 0.2) is 54.6 Å². The number of rotatable bonds is 10. The van der Waals surface area contributed by atoms with E-state index in [0.717, 1.165) is 31.2 Å².